The molecule has 0 N–H and O–H groups in total. The largest absolute Gasteiger partial charge is 0.455 e. The lowest BCUT2D eigenvalue weighted by molar-refractivity contribution is 0.451. The Balaban J connectivity index is 0.976. The number of furan rings is 1. The molecule has 0 saturated carbocycles. The second-order valence-corrected chi connectivity index (χ2v) is 19.8. The van der Waals surface area contributed by atoms with Crippen molar-refractivity contribution in [2.75, 3.05) is 4.90 Å². The van der Waals surface area contributed by atoms with E-state index < -0.39 is 5.41 Å². The van der Waals surface area contributed by atoms with Gasteiger partial charge in [-0.05, 0) is 114 Å². The Bertz CT molecular complexity index is 4500. The average molecular weight is 942 g/mol. The lowest BCUT2D eigenvalue weighted by Gasteiger charge is -2.42. The van der Waals surface area contributed by atoms with Crippen molar-refractivity contribution in [1.82, 2.24) is 0 Å². The van der Waals surface area contributed by atoms with Gasteiger partial charge in [0.15, 0.2) is 0 Å². The third-order valence-electron chi connectivity index (χ3n) is 16.1. The highest BCUT2D eigenvalue weighted by Gasteiger charge is 2.54. The fourth-order valence-corrected chi connectivity index (χ4v) is 13.1. The molecule has 0 bridgehead atoms. The van der Waals surface area contributed by atoms with Gasteiger partial charge in [-0.15, -0.1) is 0 Å². The normalized spacial score (nSPS) is 13.1. The van der Waals surface area contributed by atoms with E-state index in [2.05, 4.69) is 266 Å². The molecule has 2 heterocycles. The maximum atomic E-state index is 7.64. The molecule has 0 radical (unpaired) electrons. The molecule has 0 saturated heterocycles. The summed E-state index contributed by atoms with van der Waals surface area (Å²) in [5.74, 6) is 1.81. The van der Waals surface area contributed by atoms with Crippen molar-refractivity contribution in [1.29, 1.82) is 0 Å². The number of ether oxygens (including phenoxy) is 1. The molecule has 1 aliphatic heterocycles. The van der Waals surface area contributed by atoms with Crippen molar-refractivity contribution in [3.63, 3.8) is 0 Å². The Morgan fingerprint density at radius 3 is 1.45 bits per heavy atom. The van der Waals surface area contributed by atoms with Crippen LogP contribution in [0.1, 0.15) is 22.3 Å². The van der Waals surface area contributed by atoms with Crippen LogP contribution in [0.15, 0.2) is 265 Å². The van der Waals surface area contributed by atoms with Crippen molar-refractivity contribution in [2.45, 2.75) is 5.41 Å². The fraction of sp³-hybridized carbons (Fsp3) is 0.0141. The van der Waals surface area contributed by atoms with E-state index in [0.717, 1.165) is 72.4 Å². The van der Waals surface area contributed by atoms with E-state index in [9.17, 15) is 0 Å². The van der Waals surface area contributed by atoms with Crippen LogP contribution in [-0.2, 0) is 5.41 Å². The van der Waals surface area contributed by atoms with Gasteiger partial charge in [-0.25, -0.2) is 0 Å². The first-order chi connectivity index (χ1) is 36.7. The van der Waals surface area contributed by atoms with Gasteiger partial charge >= 0.3 is 0 Å². The highest BCUT2D eigenvalue weighted by Crippen LogP contribution is 2.67. The quantitative estimate of drug-likeness (QED) is 0.161. The molecule has 74 heavy (non-hydrogen) atoms. The average Bonchev–Trinajstić information content (AvgIpc) is 4.00. The minimum absolute atomic E-state index is 0.792. The Morgan fingerprint density at radius 2 is 0.784 bits per heavy atom. The fourth-order valence-electron chi connectivity index (χ4n) is 13.1. The van der Waals surface area contributed by atoms with Crippen LogP contribution < -0.4 is 9.64 Å². The van der Waals surface area contributed by atoms with E-state index in [0.29, 0.717) is 0 Å². The minimum atomic E-state index is -0.792. The summed E-state index contributed by atoms with van der Waals surface area (Å²) in [4.78, 5) is 2.36. The maximum absolute atomic E-state index is 7.64. The summed E-state index contributed by atoms with van der Waals surface area (Å²) in [7, 11) is 0. The Kier molecular flexibility index (Phi) is 8.66. The van der Waals surface area contributed by atoms with Crippen molar-refractivity contribution in [2.24, 2.45) is 0 Å². The molecule has 0 unspecified atom stereocenters. The standard InChI is InChI=1S/C71H43NO2/c1-3-19-44(20-4-1)45-37-40-48(41-38-45)72(47-21-5-2-6-22-47)63-35-18-36-64-65(63)60-33-17-32-49(68(60)73-64)46-39-42-55-54-27-15-16-34-61(54)71(62(55)43-46)66-56-28-11-7-23-50(56)52-25-9-13-30-58(52)69(66)74-70-59-31-14-10-26-53(59)51-24-8-12-29-57(51)67(70)71/h1-43H. The van der Waals surface area contributed by atoms with E-state index in [4.69, 9.17) is 9.15 Å². The molecule has 16 rings (SSSR count). The van der Waals surface area contributed by atoms with Crippen LogP contribution in [-0.4, -0.2) is 0 Å². The lowest BCUT2D eigenvalue weighted by atomic mass is 9.62. The number of hydrogen-bond acceptors (Lipinski definition) is 3. The van der Waals surface area contributed by atoms with Gasteiger partial charge in [0, 0.05) is 44.2 Å². The van der Waals surface area contributed by atoms with E-state index >= 15 is 0 Å². The zero-order chi connectivity index (χ0) is 48.5. The maximum Gasteiger partial charge on any atom is 0.143 e. The molecule has 3 nitrogen and oxygen atoms in total. The Labute approximate surface area is 427 Å². The summed E-state index contributed by atoms with van der Waals surface area (Å²) >= 11 is 0. The molecular formula is C71H43NO2. The highest BCUT2D eigenvalue weighted by atomic mass is 16.5. The number of para-hydroxylation sites is 2. The zero-order valence-electron chi connectivity index (χ0n) is 40.1. The van der Waals surface area contributed by atoms with Gasteiger partial charge in [-0.1, -0.05) is 218 Å². The van der Waals surface area contributed by atoms with Crippen molar-refractivity contribution < 1.29 is 9.15 Å². The van der Waals surface area contributed by atoms with E-state index in [1.807, 2.05) is 0 Å². The van der Waals surface area contributed by atoms with Crippen LogP contribution in [0, 0.1) is 0 Å². The monoisotopic (exact) mass is 941 g/mol. The predicted octanol–water partition coefficient (Wildman–Crippen LogP) is 19.5. The minimum Gasteiger partial charge on any atom is -0.455 e. The first-order valence-electron chi connectivity index (χ1n) is 25.5. The first kappa shape index (κ1) is 41.0. The molecule has 13 aromatic carbocycles. The summed E-state index contributed by atoms with van der Waals surface area (Å²) < 4.78 is 14.8. The molecule has 1 aromatic heterocycles. The number of nitrogens with zero attached hydrogens (tertiary/aromatic N) is 1. The highest BCUT2D eigenvalue weighted by molar-refractivity contribution is 6.20. The van der Waals surface area contributed by atoms with Gasteiger partial charge in [-0.3, -0.25) is 0 Å². The molecule has 0 fully saturated rings. The number of hydrogen-bond donors (Lipinski definition) is 0. The number of benzene rings is 13. The zero-order valence-corrected chi connectivity index (χ0v) is 40.1. The van der Waals surface area contributed by atoms with Crippen molar-refractivity contribution in [3.8, 4) is 44.9 Å². The van der Waals surface area contributed by atoms with Gasteiger partial charge in [0.25, 0.3) is 0 Å². The Morgan fingerprint density at radius 1 is 0.311 bits per heavy atom. The number of anilines is 3. The third kappa shape index (κ3) is 5.61. The van der Waals surface area contributed by atoms with Crippen LogP contribution >= 0.6 is 0 Å². The van der Waals surface area contributed by atoms with Crippen LogP contribution in [0.4, 0.5) is 17.1 Å². The molecule has 0 amide bonds. The SMILES string of the molecule is c1ccc(-c2ccc(N(c3ccccc3)c3cccc4oc5c(-c6ccc7c(c6)C6(c8ccccc8-7)c7c(c8ccccc8c8ccccc78)Oc7c6c6ccccc6c6ccccc76)cccc5c34)cc2)cc1. The van der Waals surface area contributed by atoms with E-state index in [1.54, 1.807) is 0 Å². The second-order valence-electron chi connectivity index (χ2n) is 19.8. The molecule has 2 aliphatic rings. The van der Waals surface area contributed by atoms with Gasteiger partial charge in [0.1, 0.15) is 22.7 Å². The van der Waals surface area contributed by atoms with Crippen molar-refractivity contribution >= 4 is 82.1 Å². The molecular weight excluding hydrogens is 899 g/mol. The molecule has 14 aromatic rings. The molecule has 1 aliphatic carbocycles. The van der Waals surface area contributed by atoms with Crippen molar-refractivity contribution in [3.05, 3.63) is 283 Å². The van der Waals surface area contributed by atoms with Crippen LogP contribution in [0.2, 0.25) is 0 Å². The number of rotatable bonds is 5. The summed E-state index contributed by atoms with van der Waals surface area (Å²) in [5, 5.41) is 11.5. The summed E-state index contributed by atoms with van der Waals surface area (Å²) in [6, 6.07) is 95.0. The molecule has 3 heteroatoms. The summed E-state index contributed by atoms with van der Waals surface area (Å²) in [6.07, 6.45) is 0. The van der Waals surface area contributed by atoms with E-state index in [-0.39, 0.29) is 0 Å². The summed E-state index contributed by atoms with van der Waals surface area (Å²) in [6.45, 7) is 0. The topological polar surface area (TPSA) is 25.6 Å². The third-order valence-corrected chi connectivity index (χ3v) is 16.1. The lowest BCUT2D eigenvalue weighted by Crippen LogP contribution is -2.33. The smallest absolute Gasteiger partial charge is 0.143 e. The van der Waals surface area contributed by atoms with Crippen LogP contribution in [0.5, 0.6) is 11.5 Å². The number of fused-ring (bicyclic) bond motifs is 22. The van der Waals surface area contributed by atoms with Crippen LogP contribution in [0.3, 0.4) is 0 Å². The molecule has 344 valence electrons. The summed E-state index contributed by atoms with van der Waals surface area (Å²) in [5.41, 5.74) is 15.8. The van der Waals surface area contributed by atoms with Gasteiger partial charge < -0.3 is 14.1 Å². The van der Waals surface area contributed by atoms with Gasteiger partial charge in [-0.2, -0.15) is 0 Å². The second kappa shape index (κ2) is 15.6. The van der Waals surface area contributed by atoms with E-state index in [1.165, 1.54) is 76.8 Å². The van der Waals surface area contributed by atoms with Crippen LogP contribution in [0.25, 0.3) is 98.4 Å². The molecule has 1 spiro atoms. The predicted molar refractivity (Wildman–Crippen MR) is 307 cm³/mol. The molecule has 0 atom stereocenters. The van der Waals surface area contributed by atoms with Gasteiger partial charge in [0.05, 0.1) is 16.5 Å². The van der Waals surface area contributed by atoms with Gasteiger partial charge in [0.2, 0.25) is 0 Å². The Hall–Kier alpha value is -9.70. The first-order valence-corrected chi connectivity index (χ1v) is 25.5.